The third-order valence-corrected chi connectivity index (χ3v) is 4.90. The van der Waals surface area contributed by atoms with Crippen molar-refractivity contribution in [2.45, 2.75) is 32.6 Å². The Bertz CT molecular complexity index is 669. The lowest BCUT2D eigenvalue weighted by atomic mass is 9.85. The molecule has 3 heteroatoms. The van der Waals surface area contributed by atoms with E-state index in [1.54, 1.807) is 11.3 Å². The van der Waals surface area contributed by atoms with Gasteiger partial charge in [0.15, 0.2) is 0 Å². The SMILES string of the molecule is CCC1CCC[N+]2=C1c1[nH]c3ccccc3c1CC2.[Cl-]. The zero-order chi connectivity index (χ0) is 12.8. The van der Waals surface area contributed by atoms with Gasteiger partial charge in [-0.25, -0.2) is 4.58 Å². The van der Waals surface area contributed by atoms with Gasteiger partial charge in [-0.1, -0.05) is 25.1 Å². The minimum absolute atomic E-state index is 0. The van der Waals surface area contributed by atoms with Crippen LogP contribution in [-0.2, 0) is 6.42 Å². The maximum Gasteiger partial charge on any atom is 0.203 e. The molecule has 0 amide bonds. The number of nitrogens with one attached hydrogen (secondary N) is 1. The van der Waals surface area contributed by atoms with Crippen LogP contribution < -0.4 is 12.4 Å². The number of nitrogens with zero attached hydrogens (tertiary/aromatic N) is 1. The van der Waals surface area contributed by atoms with Crippen LogP contribution in [0.2, 0.25) is 0 Å². The molecule has 2 aliphatic heterocycles. The molecule has 2 aromatic rings. The van der Waals surface area contributed by atoms with E-state index in [0.29, 0.717) is 0 Å². The van der Waals surface area contributed by atoms with Gasteiger partial charge < -0.3 is 17.4 Å². The van der Waals surface area contributed by atoms with Crippen LogP contribution >= 0.6 is 0 Å². The summed E-state index contributed by atoms with van der Waals surface area (Å²) >= 11 is 0. The van der Waals surface area contributed by atoms with Gasteiger partial charge in [0.1, 0.15) is 18.8 Å². The third kappa shape index (κ3) is 1.89. The Kier molecular flexibility index (Phi) is 3.59. The highest BCUT2D eigenvalue weighted by molar-refractivity contribution is 6.04. The van der Waals surface area contributed by atoms with Crippen molar-refractivity contribution >= 4 is 16.6 Å². The Morgan fingerprint density at radius 3 is 2.95 bits per heavy atom. The molecule has 3 heterocycles. The van der Waals surface area contributed by atoms with E-state index < -0.39 is 0 Å². The highest BCUT2D eigenvalue weighted by atomic mass is 35.5. The number of halogens is 1. The van der Waals surface area contributed by atoms with Crippen molar-refractivity contribution in [3.05, 3.63) is 35.5 Å². The molecule has 1 aromatic carbocycles. The maximum atomic E-state index is 3.70. The highest BCUT2D eigenvalue weighted by Crippen LogP contribution is 2.31. The summed E-state index contributed by atoms with van der Waals surface area (Å²) in [4.78, 5) is 3.70. The molecule has 1 atom stereocenters. The monoisotopic (exact) mass is 288 g/mol. The van der Waals surface area contributed by atoms with Crippen LogP contribution in [0.4, 0.5) is 0 Å². The average Bonchev–Trinajstić information content (AvgIpc) is 2.85. The number of aromatic nitrogens is 1. The van der Waals surface area contributed by atoms with Gasteiger partial charge >= 0.3 is 0 Å². The molecule has 0 fully saturated rings. The second kappa shape index (κ2) is 5.25. The van der Waals surface area contributed by atoms with Crippen LogP contribution in [0, 0.1) is 5.92 Å². The van der Waals surface area contributed by atoms with Crippen molar-refractivity contribution in [1.29, 1.82) is 0 Å². The number of para-hydroxylation sites is 1. The molecule has 106 valence electrons. The first kappa shape index (κ1) is 13.7. The number of aromatic amines is 1. The van der Waals surface area contributed by atoms with Crippen LogP contribution in [0.15, 0.2) is 24.3 Å². The van der Waals surface area contributed by atoms with Crippen molar-refractivity contribution in [1.82, 2.24) is 4.98 Å². The Morgan fingerprint density at radius 1 is 1.25 bits per heavy atom. The Morgan fingerprint density at radius 2 is 2.10 bits per heavy atom. The van der Waals surface area contributed by atoms with Gasteiger partial charge in [0.2, 0.25) is 5.71 Å². The summed E-state index contributed by atoms with van der Waals surface area (Å²) < 4.78 is 2.63. The smallest absolute Gasteiger partial charge is 0.203 e. The van der Waals surface area contributed by atoms with Gasteiger partial charge in [-0.15, -0.1) is 0 Å². The molecule has 2 nitrogen and oxygen atoms in total. The topological polar surface area (TPSA) is 18.8 Å². The predicted molar refractivity (Wildman–Crippen MR) is 79.1 cm³/mol. The normalized spacial score (nSPS) is 21.4. The molecule has 20 heavy (non-hydrogen) atoms. The summed E-state index contributed by atoms with van der Waals surface area (Å²) in [7, 11) is 0. The first-order valence-electron chi connectivity index (χ1n) is 7.60. The van der Waals surface area contributed by atoms with Crippen molar-refractivity contribution in [3.8, 4) is 0 Å². The van der Waals surface area contributed by atoms with Crippen LogP contribution in [0.3, 0.4) is 0 Å². The molecule has 1 unspecified atom stereocenters. The van der Waals surface area contributed by atoms with Crippen molar-refractivity contribution in [2.75, 3.05) is 13.1 Å². The molecular weight excluding hydrogens is 268 g/mol. The van der Waals surface area contributed by atoms with Crippen LogP contribution in [0.25, 0.3) is 10.9 Å². The molecule has 0 radical (unpaired) electrons. The summed E-state index contributed by atoms with van der Waals surface area (Å²) in [6.45, 7) is 4.79. The van der Waals surface area contributed by atoms with Crippen LogP contribution in [0.1, 0.15) is 37.4 Å². The number of hydrogen-bond acceptors (Lipinski definition) is 0. The van der Waals surface area contributed by atoms with Crippen LogP contribution in [-0.4, -0.2) is 28.4 Å². The number of rotatable bonds is 1. The summed E-state index contributed by atoms with van der Waals surface area (Å²) in [5.74, 6) is 0.751. The minimum Gasteiger partial charge on any atom is -1.00 e. The van der Waals surface area contributed by atoms with E-state index in [2.05, 4.69) is 40.7 Å². The lowest BCUT2D eigenvalue weighted by Crippen LogP contribution is -3.00. The molecule has 2 aliphatic rings. The van der Waals surface area contributed by atoms with Gasteiger partial charge in [-0.3, -0.25) is 0 Å². The van der Waals surface area contributed by atoms with Crippen molar-refractivity contribution in [3.63, 3.8) is 0 Å². The second-order valence-electron chi connectivity index (χ2n) is 5.89. The number of hydrogen-bond donors (Lipinski definition) is 1. The fraction of sp³-hybridized carbons (Fsp3) is 0.471. The molecule has 1 aromatic heterocycles. The summed E-state index contributed by atoms with van der Waals surface area (Å²) in [5, 5.41) is 1.44. The minimum atomic E-state index is 0. The van der Waals surface area contributed by atoms with E-state index in [0.717, 1.165) is 5.92 Å². The molecule has 0 saturated carbocycles. The van der Waals surface area contributed by atoms with Gasteiger partial charge in [-0.2, -0.15) is 0 Å². The lowest BCUT2D eigenvalue weighted by molar-refractivity contribution is -0.535. The van der Waals surface area contributed by atoms with E-state index >= 15 is 0 Å². The molecule has 1 N–H and O–H groups in total. The highest BCUT2D eigenvalue weighted by Gasteiger charge is 2.36. The van der Waals surface area contributed by atoms with Gasteiger partial charge in [0, 0.05) is 29.7 Å². The van der Waals surface area contributed by atoms with Crippen LogP contribution in [0.5, 0.6) is 0 Å². The van der Waals surface area contributed by atoms with E-state index in [4.69, 9.17) is 0 Å². The number of fused-ring (bicyclic) bond motifs is 4. The summed E-state index contributed by atoms with van der Waals surface area (Å²) in [6, 6.07) is 8.77. The summed E-state index contributed by atoms with van der Waals surface area (Å²) in [6.07, 6.45) is 5.18. The largest absolute Gasteiger partial charge is 1.00 e. The molecule has 0 saturated heterocycles. The summed E-state index contributed by atoms with van der Waals surface area (Å²) in [5.41, 5.74) is 5.91. The first-order valence-corrected chi connectivity index (χ1v) is 7.60. The van der Waals surface area contributed by atoms with E-state index in [1.165, 1.54) is 55.4 Å². The van der Waals surface area contributed by atoms with Gasteiger partial charge in [0.05, 0.1) is 0 Å². The van der Waals surface area contributed by atoms with E-state index in [9.17, 15) is 0 Å². The average molecular weight is 289 g/mol. The number of benzene rings is 1. The zero-order valence-electron chi connectivity index (χ0n) is 12.0. The Hall–Kier alpha value is -1.28. The predicted octanol–water partition coefficient (Wildman–Crippen LogP) is 0.350. The van der Waals surface area contributed by atoms with E-state index in [1.807, 2.05) is 0 Å². The molecule has 0 spiro atoms. The third-order valence-electron chi connectivity index (χ3n) is 4.90. The van der Waals surface area contributed by atoms with Gasteiger partial charge in [-0.05, 0) is 24.5 Å². The molecule has 0 bridgehead atoms. The quantitative estimate of drug-likeness (QED) is 0.731. The lowest BCUT2D eigenvalue weighted by Gasteiger charge is -2.25. The fourth-order valence-corrected chi connectivity index (χ4v) is 3.96. The second-order valence-corrected chi connectivity index (χ2v) is 5.89. The fourth-order valence-electron chi connectivity index (χ4n) is 3.96. The Labute approximate surface area is 126 Å². The molecular formula is C17H21ClN2. The van der Waals surface area contributed by atoms with Crippen molar-refractivity contribution < 1.29 is 17.0 Å². The standard InChI is InChI=1S/C17H20N2.ClH/c1-2-12-6-5-10-19-11-9-14-13-7-3-4-8-15(13)18-16(14)17(12)19;/h3-4,7-8,12H,2,5-6,9-11H2,1H3;1H. The van der Waals surface area contributed by atoms with Crippen molar-refractivity contribution in [2.24, 2.45) is 5.92 Å². The van der Waals surface area contributed by atoms with Gasteiger partial charge in [0.25, 0.3) is 0 Å². The first-order chi connectivity index (χ1) is 9.38. The maximum absolute atomic E-state index is 3.70. The molecule has 0 aliphatic carbocycles. The van der Waals surface area contributed by atoms with E-state index in [-0.39, 0.29) is 12.4 Å². The zero-order valence-corrected chi connectivity index (χ0v) is 12.7. The number of H-pyrrole nitrogens is 1. The Balaban J connectivity index is 0.00000121. The molecule has 4 rings (SSSR count).